The van der Waals surface area contributed by atoms with Crippen LogP contribution in [0, 0.1) is 5.92 Å². The SMILES string of the molecule is CN=C(NCc1cccc(OCC(N)=O)c1)NC1CCC(C(F)(F)F)CC1. The van der Waals surface area contributed by atoms with Crippen LogP contribution in [0.5, 0.6) is 5.75 Å². The second-order valence-electron chi connectivity index (χ2n) is 6.56. The maximum absolute atomic E-state index is 12.7. The monoisotopic (exact) mass is 386 g/mol. The molecule has 2 rings (SSSR count). The largest absolute Gasteiger partial charge is 0.484 e. The van der Waals surface area contributed by atoms with Gasteiger partial charge in [-0.3, -0.25) is 9.79 Å². The summed E-state index contributed by atoms with van der Waals surface area (Å²) in [7, 11) is 1.61. The van der Waals surface area contributed by atoms with E-state index < -0.39 is 18.0 Å². The molecule has 1 saturated carbocycles. The molecule has 0 unspecified atom stereocenters. The minimum Gasteiger partial charge on any atom is -0.484 e. The van der Waals surface area contributed by atoms with Gasteiger partial charge in [-0.2, -0.15) is 13.2 Å². The number of rotatable bonds is 6. The van der Waals surface area contributed by atoms with E-state index >= 15 is 0 Å². The topological polar surface area (TPSA) is 88.7 Å². The smallest absolute Gasteiger partial charge is 0.391 e. The van der Waals surface area contributed by atoms with Crippen LogP contribution in [-0.2, 0) is 11.3 Å². The molecule has 0 atom stereocenters. The molecule has 0 aromatic heterocycles. The molecule has 0 spiro atoms. The van der Waals surface area contributed by atoms with Crippen molar-refractivity contribution in [3.05, 3.63) is 29.8 Å². The second kappa shape index (κ2) is 9.48. The first-order chi connectivity index (χ1) is 12.8. The fourth-order valence-corrected chi connectivity index (χ4v) is 3.04. The Bertz CT molecular complexity index is 656. The van der Waals surface area contributed by atoms with E-state index in [0.717, 1.165) is 5.56 Å². The minimum absolute atomic E-state index is 0.0277. The van der Waals surface area contributed by atoms with Gasteiger partial charge in [-0.1, -0.05) is 12.1 Å². The molecular weight excluding hydrogens is 361 g/mol. The summed E-state index contributed by atoms with van der Waals surface area (Å²) in [5.74, 6) is -0.688. The first kappa shape index (κ1) is 20.9. The maximum Gasteiger partial charge on any atom is 0.391 e. The number of carbonyl (C=O) groups is 1. The highest BCUT2D eigenvalue weighted by molar-refractivity contribution is 5.80. The van der Waals surface area contributed by atoms with Crippen LogP contribution in [0.1, 0.15) is 31.2 Å². The summed E-state index contributed by atoms with van der Waals surface area (Å²) in [6.07, 6.45) is -2.91. The highest BCUT2D eigenvalue weighted by Crippen LogP contribution is 2.37. The molecule has 150 valence electrons. The highest BCUT2D eigenvalue weighted by Gasteiger charge is 2.41. The molecule has 1 aromatic rings. The number of carbonyl (C=O) groups excluding carboxylic acids is 1. The number of guanidine groups is 1. The number of nitrogens with one attached hydrogen (secondary N) is 2. The van der Waals surface area contributed by atoms with Crippen molar-refractivity contribution in [1.82, 2.24) is 10.6 Å². The molecular formula is C18H25F3N4O2. The van der Waals surface area contributed by atoms with Crippen molar-refractivity contribution in [3.63, 3.8) is 0 Å². The summed E-state index contributed by atoms with van der Waals surface area (Å²) >= 11 is 0. The molecule has 0 heterocycles. The molecule has 1 amide bonds. The molecule has 0 bridgehead atoms. The lowest BCUT2D eigenvalue weighted by atomic mass is 9.85. The van der Waals surface area contributed by atoms with E-state index in [-0.39, 0.29) is 25.5 Å². The molecule has 0 aliphatic heterocycles. The number of halogens is 3. The van der Waals surface area contributed by atoms with Gasteiger partial charge in [0, 0.05) is 19.6 Å². The van der Waals surface area contributed by atoms with Gasteiger partial charge >= 0.3 is 6.18 Å². The molecule has 4 N–H and O–H groups in total. The van der Waals surface area contributed by atoms with Crippen LogP contribution in [0.15, 0.2) is 29.3 Å². The lowest BCUT2D eigenvalue weighted by Crippen LogP contribution is -2.45. The number of nitrogens with two attached hydrogens (primary N) is 1. The molecule has 1 fully saturated rings. The zero-order valence-electron chi connectivity index (χ0n) is 15.2. The first-order valence-corrected chi connectivity index (χ1v) is 8.82. The van der Waals surface area contributed by atoms with Crippen LogP contribution in [0.2, 0.25) is 0 Å². The molecule has 1 aliphatic rings. The number of ether oxygens (including phenoxy) is 1. The number of alkyl halides is 3. The average Bonchev–Trinajstić information content (AvgIpc) is 2.63. The van der Waals surface area contributed by atoms with Crippen LogP contribution in [-0.4, -0.2) is 37.7 Å². The van der Waals surface area contributed by atoms with E-state index in [1.54, 1.807) is 25.2 Å². The quantitative estimate of drug-likeness (QED) is 0.517. The Balaban J connectivity index is 1.81. The number of benzene rings is 1. The van der Waals surface area contributed by atoms with Crippen LogP contribution in [0.4, 0.5) is 13.2 Å². The number of nitrogens with zero attached hydrogens (tertiary/aromatic N) is 1. The Kier molecular flexibility index (Phi) is 7.32. The molecule has 0 saturated heterocycles. The first-order valence-electron chi connectivity index (χ1n) is 8.82. The highest BCUT2D eigenvalue weighted by atomic mass is 19.4. The van der Waals surface area contributed by atoms with Crippen LogP contribution in [0.25, 0.3) is 0 Å². The molecule has 6 nitrogen and oxygen atoms in total. The van der Waals surface area contributed by atoms with Gasteiger partial charge in [0.2, 0.25) is 0 Å². The minimum atomic E-state index is -4.10. The zero-order valence-corrected chi connectivity index (χ0v) is 15.2. The zero-order chi connectivity index (χ0) is 19.9. The Hall–Kier alpha value is -2.45. The van der Waals surface area contributed by atoms with Crippen molar-refractivity contribution in [2.75, 3.05) is 13.7 Å². The van der Waals surface area contributed by atoms with Crippen molar-refractivity contribution in [2.45, 2.75) is 44.4 Å². The van der Waals surface area contributed by atoms with Crippen LogP contribution < -0.4 is 21.1 Å². The van der Waals surface area contributed by atoms with Crippen molar-refractivity contribution in [3.8, 4) is 5.75 Å². The summed E-state index contributed by atoms with van der Waals surface area (Å²) in [4.78, 5) is 14.9. The third-order valence-electron chi connectivity index (χ3n) is 4.49. The number of primary amides is 1. The van der Waals surface area contributed by atoms with Gasteiger partial charge in [0.05, 0.1) is 5.92 Å². The van der Waals surface area contributed by atoms with E-state index in [1.165, 1.54) is 0 Å². The van der Waals surface area contributed by atoms with Gasteiger partial charge in [-0.05, 0) is 43.4 Å². The summed E-state index contributed by atoms with van der Waals surface area (Å²) < 4.78 is 43.5. The second-order valence-corrected chi connectivity index (χ2v) is 6.56. The van der Waals surface area contributed by atoms with Crippen molar-refractivity contribution >= 4 is 11.9 Å². The van der Waals surface area contributed by atoms with Crippen molar-refractivity contribution < 1.29 is 22.7 Å². The van der Waals surface area contributed by atoms with Crippen molar-refractivity contribution in [2.24, 2.45) is 16.6 Å². The van der Waals surface area contributed by atoms with Crippen LogP contribution >= 0.6 is 0 Å². The van der Waals surface area contributed by atoms with Gasteiger partial charge in [-0.15, -0.1) is 0 Å². The van der Waals surface area contributed by atoms with E-state index in [9.17, 15) is 18.0 Å². The molecule has 0 radical (unpaired) electrons. The molecule has 9 heteroatoms. The van der Waals surface area contributed by atoms with Gasteiger partial charge in [0.25, 0.3) is 5.91 Å². The summed E-state index contributed by atoms with van der Waals surface area (Å²) in [5.41, 5.74) is 5.96. The summed E-state index contributed by atoms with van der Waals surface area (Å²) in [5, 5.41) is 6.32. The van der Waals surface area contributed by atoms with E-state index in [2.05, 4.69) is 15.6 Å². The predicted molar refractivity (Wildman–Crippen MR) is 96.3 cm³/mol. The Morgan fingerprint density at radius 2 is 2.00 bits per heavy atom. The van der Waals surface area contributed by atoms with Gasteiger partial charge in [0.1, 0.15) is 5.75 Å². The Labute approximate surface area is 156 Å². The summed E-state index contributed by atoms with van der Waals surface area (Å²) in [6.45, 7) is 0.256. The van der Waals surface area contributed by atoms with E-state index in [4.69, 9.17) is 10.5 Å². The fraction of sp³-hybridized carbons (Fsp3) is 0.556. The summed E-state index contributed by atoms with van der Waals surface area (Å²) in [6, 6.07) is 7.14. The normalized spacial score (nSPS) is 20.8. The number of hydrogen-bond donors (Lipinski definition) is 3. The third kappa shape index (κ3) is 6.99. The maximum atomic E-state index is 12.7. The van der Waals surface area contributed by atoms with Crippen LogP contribution in [0.3, 0.4) is 0 Å². The van der Waals surface area contributed by atoms with Gasteiger partial charge < -0.3 is 21.1 Å². The number of amides is 1. The standard InChI is InChI=1S/C18H25F3N4O2/c1-23-17(25-14-7-5-13(6-8-14)18(19,20)21)24-10-12-3-2-4-15(9-12)27-11-16(22)26/h2-4,9,13-14H,5-8,10-11H2,1H3,(H2,22,26)(H2,23,24,25). The molecule has 1 aromatic carbocycles. The Morgan fingerprint density at radius 1 is 1.30 bits per heavy atom. The molecule has 27 heavy (non-hydrogen) atoms. The average molecular weight is 386 g/mol. The predicted octanol–water partition coefficient (Wildman–Crippen LogP) is 2.34. The number of hydrogen-bond acceptors (Lipinski definition) is 3. The fourth-order valence-electron chi connectivity index (χ4n) is 3.04. The Morgan fingerprint density at radius 3 is 2.59 bits per heavy atom. The van der Waals surface area contributed by atoms with Gasteiger partial charge in [-0.25, -0.2) is 0 Å². The third-order valence-corrected chi connectivity index (χ3v) is 4.49. The lowest BCUT2D eigenvalue weighted by molar-refractivity contribution is -0.182. The lowest BCUT2D eigenvalue weighted by Gasteiger charge is -2.31. The van der Waals surface area contributed by atoms with E-state index in [0.29, 0.717) is 31.1 Å². The number of aliphatic imine (C=N–C) groups is 1. The van der Waals surface area contributed by atoms with E-state index in [1.807, 2.05) is 6.07 Å². The van der Waals surface area contributed by atoms with Gasteiger partial charge in [0.15, 0.2) is 12.6 Å². The molecule has 1 aliphatic carbocycles. The van der Waals surface area contributed by atoms with Crippen molar-refractivity contribution in [1.29, 1.82) is 0 Å².